The fourth-order valence-electron chi connectivity index (χ4n) is 2.44. The molecule has 0 aliphatic heterocycles. The Labute approximate surface area is 141 Å². The summed E-state index contributed by atoms with van der Waals surface area (Å²) in [6.45, 7) is 3.74. The molecule has 8 heteroatoms. The highest BCUT2D eigenvalue weighted by molar-refractivity contribution is 5.75. The summed E-state index contributed by atoms with van der Waals surface area (Å²) in [5.41, 5.74) is 0.861. The van der Waals surface area contributed by atoms with Gasteiger partial charge in [0.25, 0.3) is 0 Å². The summed E-state index contributed by atoms with van der Waals surface area (Å²) in [7, 11) is 5.01. The van der Waals surface area contributed by atoms with E-state index in [9.17, 15) is 4.79 Å². The lowest BCUT2D eigenvalue weighted by atomic mass is 10.1. The van der Waals surface area contributed by atoms with Crippen molar-refractivity contribution in [3.8, 4) is 11.5 Å². The molecule has 130 valence electrons. The van der Waals surface area contributed by atoms with E-state index in [4.69, 9.17) is 9.47 Å². The van der Waals surface area contributed by atoms with E-state index in [0.29, 0.717) is 17.3 Å². The maximum absolute atomic E-state index is 12.2. The standard InChI is InChI=1S/C16H23N5O3/c1-10(13-7-6-12(23-4)8-14(13)24-5)18-16(22)19-11(2)15-20-17-9-21(15)3/h6-11H,1-5H3,(H2,18,19,22). The van der Waals surface area contributed by atoms with Crippen molar-refractivity contribution in [3.63, 3.8) is 0 Å². The molecule has 2 N–H and O–H groups in total. The molecule has 0 saturated carbocycles. The van der Waals surface area contributed by atoms with E-state index < -0.39 is 0 Å². The summed E-state index contributed by atoms with van der Waals surface area (Å²) in [6.07, 6.45) is 1.59. The fraction of sp³-hybridized carbons (Fsp3) is 0.438. The van der Waals surface area contributed by atoms with Gasteiger partial charge in [-0.3, -0.25) is 0 Å². The van der Waals surface area contributed by atoms with Crippen LogP contribution in [0.25, 0.3) is 0 Å². The van der Waals surface area contributed by atoms with E-state index in [1.165, 1.54) is 0 Å². The molecule has 24 heavy (non-hydrogen) atoms. The number of carbonyl (C=O) groups excluding carboxylic acids is 1. The van der Waals surface area contributed by atoms with Crippen LogP contribution in [-0.2, 0) is 7.05 Å². The molecule has 0 aliphatic rings. The number of ether oxygens (including phenoxy) is 2. The van der Waals surface area contributed by atoms with E-state index in [-0.39, 0.29) is 18.1 Å². The van der Waals surface area contributed by atoms with Gasteiger partial charge in [0.15, 0.2) is 5.82 Å². The molecule has 0 radical (unpaired) electrons. The minimum Gasteiger partial charge on any atom is -0.497 e. The van der Waals surface area contributed by atoms with Crippen LogP contribution in [0.3, 0.4) is 0 Å². The third-order valence-electron chi connectivity index (χ3n) is 3.74. The predicted octanol–water partition coefficient (Wildman–Crippen LogP) is 1.95. The molecule has 0 spiro atoms. The zero-order valence-corrected chi connectivity index (χ0v) is 14.5. The Kier molecular flexibility index (Phi) is 5.62. The van der Waals surface area contributed by atoms with E-state index in [1.807, 2.05) is 33.0 Å². The van der Waals surface area contributed by atoms with Gasteiger partial charge in [-0.25, -0.2) is 4.79 Å². The summed E-state index contributed by atoms with van der Waals surface area (Å²) in [5, 5.41) is 13.5. The van der Waals surface area contributed by atoms with Gasteiger partial charge in [0.1, 0.15) is 17.8 Å². The van der Waals surface area contributed by atoms with Crippen molar-refractivity contribution in [2.24, 2.45) is 7.05 Å². The molecule has 1 aromatic heterocycles. The van der Waals surface area contributed by atoms with Crippen molar-refractivity contribution in [1.82, 2.24) is 25.4 Å². The van der Waals surface area contributed by atoms with Crippen LogP contribution < -0.4 is 20.1 Å². The largest absolute Gasteiger partial charge is 0.497 e. The Hall–Kier alpha value is -2.77. The van der Waals surface area contributed by atoms with Crippen molar-refractivity contribution in [1.29, 1.82) is 0 Å². The number of aromatic nitrogens is 3. The van der Waals surface area contributed by atoms with E-state index >= 15 is 0 Å². The van der Waals surface area contributed by atoms with E-state index in [0.717, 1.165) is 5.56 Å². The second-order valence-electron chi connectivity index (χ2n) is 5.47. The van der Waals surface area contributed by atoms with Gasteiger partial charge in [-0.05, 0) is 26.0 Å². The summed E-state index contributed by atoms with van der Waals surface area (Å²) >= 11 is 0. The van der Waals surface area contributed by atoms with Crippen molar-refractivity contribution >= 4 is 6.03 Å². The van der Waals surface area contributed by atoms with Gasteiger partial charge in [-0.2, -0.15) is 0 Å². The van der Waals surface area contributed by atoms with Crippen LogP contribution in [0.5, 0.6) is 11.5 Å². The summed E-state index contributed by atoms with van der Waals surface area (Å²) in [4.78, 5) is 12.2. The molecule has 2 atom stereocenters. The normalized spacial score (nSPS) is 13.0. The first-order valence-corrected chi connectivity index (χ1v) is 7.59. The van der Waals surface area contributed by atoms with Crippen LogP contribution in [0.1, 0.15) is 37.3 Å². The molecule has 1 aromatic carbocycles. The lowest BCUT2D eigenvalue weighted by molar-refractivity contribution is 0.234. The number of benzene rings is 1. The lowest BCUT2D eigenvalue weighted by Crippen LogP contribution is -2.39. The van der Waals surface area contributed by atoms with Crippen molar-refractivity contribution in [2.75, 3.05) is 14.2 Å². The maximum atomic E-state index is 12.2. The number of nitrogens with one attached hydrogen (secondary N) is 2. The first kappa shape index (κ1) is 17.6. The number of nitrogens with zero attached hydrogens (tertiary/aromatic N) is 3. The first-order chi connectivity index (χ1) is 11.5. The number of aryl methyl sites for hydroxylation is 1. The number of carbonyl (C=O) groups is 1. The molecule has 0 aliphatic carbocycles. The number of hydrogen-bond acceptors (Lipinski definition) is 5. The lowest BCUT2D eigenvalue weighted by Gasteiger charge is -2.20. The fourth-order valence-corrected chi connectivity index (χ4v) is 2.44. The minimum absolute atomic E-state index is 0.238. The number of hydrogen-bond donors (Lipinski definition) is 2. The molecule has 0 saturated heterocycles. The topological polar surface area (TPSA) is 90.3 Å². The Bertz CT molecular complexity index is 701. The van der Waals surface area contributed by atoms with Crippen LogP contribution in [0.15, 0.2) is 24.5 Å². The quantitative estimate of drug-likeness (QED) is 0.843. The molecule has 0 bridgehead atoms. The molecule has 2 amide bonds. The maximum Gasteiger partial charge on any atom is 0.315 e. The summed E-state index contributed by atoms with van der Waals surface area (Å²) in [6, 6.07) is 4.69. The van der Waals surface area contributed by atoms with Crippen LogP contribution >= 0.6 is 0 Å². The molecule has 8 nitrogen and oxygen atoms in total. The second kappa shape index (κ2) is 7.67. The Morgan fingerprint density at radius 1 is 1.17 bits per heavy atom. The van der Waals surface area contributed by atoms with Gasteiger partial charge in [0.05, 0.1) is 26.3 Å². The Morgan fingerprint density at radius 3 is 2.46 bits per heavy atom. The van der Waals surface area contributed by atoms with Crippen LogP contribution in [0.2, 0.25) is 0 Å². The predicted molar refractivity (Wildman–Crippen MR) is 89.0 cm³/mol. The summed E-state index contributed by atoms with van der Waals surface area (Å²) in [5.74, 6) is 2.03. The van der Waals surface area contributed by atoms with Gasteiger partial charge < -0.3 is 24.7 Å². The molecular formula is C16H23N5O3. The second-order valence-corrected chi connectivity index (χ2v) is 5.47. The Balaban J connectivity index is 2.02. The molecule has 2 unspecified atom stereocenters. The van der Waals surface area contributed by atoms with Gasteiger partial charge in [0, 0.05) is 18.7 Å². The average Bonchev–Trinajstić information content (AvgIpc) is 3.00. The first-order valence-electron chi connectivity index (χ1n) is 7.59. The van der Waals surface area contributed by atoms with E-state index in [2.05, 4.69) is 20.8 Å². The number of urea groups is 1. The SMILES string of the molecule is COc1ccc(C(C)NC(=O)NC(C)c2nncn2C)c(OC)c1. The molecular weight excluding hydrogens is 310 g/mol. The molecule has 0 fully saturated rings. The highest BCUT2D eigenvalue weighted by Crippen LogP contribution is 2.29. The van der Waals surface area contributed by atoms with Crippen molar-refractivity contribution in [3.05, 3.63) is 35.9 Å². The van der Waals surface area contributed by atoms with Gasteiger partial charge in [-0.1, -0.05) is 0 Å². The third kappa shape index (κ3) is 3.95. The Morgan fingerprint density at radius 2 is 1.88 bits per heavy atom. The van der Waals surface area contributed by atoms with Crippen molar-refractivity contribution < 1.29 is 14.3 Å². The summed E-state index contributed by atoms with van der Waals surface area (Å²) < 4.78 is 12.3. The van der Waals surface area contributed by atoms with Crippen LogP contribution in [0, 0.1) is 0 Å². The molecule has 1 heterocycles. The minimum atomic E-state index is -0.295. The van der Waals surface area contributed by atoms with Crippen molar-refractivity contribution in [2.45, 2.75) is 25.9 Å². The zero-order valence-electron chi connectivity index (χ0n) is 14.5. The number of methoxy groups -OCH3 is 2. The third-order valence-corrected chi connectivity index (χ3v) is 3.74. The molecule has 2 aromatic rings. The average molecular weight is 333 g/mol. The van der Waals surface area contributed by atoms with Crippen LogP contribution in [0.4, 0.5) is 4.79 Å². The molecule has 2 rings (SSSR count). The highest BCUT2D eigenvalue weighted by Gasteiger charge is 2.18. The van der Waals surface area contributed by atoms with Crippen LogP contribution in [-0.4, -0.2) is 35.0 Å². The highest BCUT2D eigenvalue weighted by atomic mass is 16.5. The smallest absolute Gasteiger partial charge is 0.315 e. The van der Waals surface area contributed by atoms with Gasteiger partial charge >= 0.3 is 6.03 Å². The number of rotatable bonds is 6. The number of amides is 2. The van der Waals surface area contributed by atoms with E-state index in [1.54, 1.807) is 31.2 Å². The zero-order chi connectivity index (χ0) is 17.7. The van der Waals surface area contributed by atoms with Gasteiger partial charge in [-0.15, -0.1) is 10.2 Å². The monoisotopic (exact) mass is 333 g/mol. The van der Waals surface area contributed by atoms with Gasteiger partial charge in [0.2, 0.25) is 0 Å².